The fraction of sp³-hybridized carbons (Fsp3) is 0.682. The molecular formula is C22H38N4O3. The molecule has 1 aromatic carbocycles. The van der Waals surface area contributed by atoms with Gasteiger partial charge in [-0.3, -0.25) is 4.90 Å². The van der Waals surface area contributed by atoms with Crippen molar-refractivity contribution >= 4 is 5.96 Å². The summed E-state index contributed by atoms with van der Waals surface area (Å²) in [4.78, 5) is 7.26. The van der Waals surface area contributed by atoms with Crippen LogP contribution in [0.2, 0.25) is 0 Å². The fourth-order valence-electron chi connectivity index (χ4n) is 3.04. The zero-order chi connectivity index (χ0) is 20.7. The van der Waals surface area contributed by atoms with Crippen molar-refractivity contribution in [2.75, 3.05) is 60.2 Å². The lowest BCUT2D eigenvalue weighted by Crippen LogP contribution is -2.43. The zero-order valence-electron chi connectivity index (χ0n) is 18.3. The van der Waals surface area contributed by atoms with Crippen molar-refractivity contribution in [3.05, 3.63) is 29.8 Å². The number of nitrogens with one attached hydrogen (secondary N) is 2. The SMILES string of the molecule is CCOCCCNC(=NCc1ccc(OC)cc1)NCCN(CCOC)C1CC1. The minimum atomic E-state index is 0.626. The number of benzene rings is 1. The summed E-state index contributed by atoms with van der Waals surface area (Å²) in [6.07, 6.45) is 3.56. The lowest BCUT2D eigenvalue weighted by atomic mass is 10.2. The van der Waals surface area contributed by atoms with Gasteiger partial charge in [-0.2, -0.15) is 0 Å². The Balaban J connectivity index is 1.83. The van der Waals surface area contributed by atoms with Crippen LogP contribution in [0.1, 0.15) is 31.7 Å². The number of methoxy groups -OCH3 is 2. The molecule has 1 saturated carbocycles. The van der Waals surface area contributed by atoms with E-state index in [0.717, 1.165) is 75.7 Å². The van der Waals surface area contributed by atoms with Crippen molar-refractivity contribution in [1.29, 1.82) is 0 Å². The molecule has 2 N–H and O–H groups in total. The maximum atomic E-state index is 5.42. The molecule has 1 aliphatic rings. The predicted molar refractivity (Wildman–Crippen MR) is 118 cm³/mol. The van der Waals surface area contributed by atoms with E-state index in [9.17, 15) is 0 Å². The molecule has 164 valence electrons. The molecule has 2 rings (SSSR count). The first-order valence-corrected chi connectivity index (χ1v) is 10.7. The average molecular weight is 407 g/mol. The molecule has 1 aromatic rings. The van der Waals surface area contributed by atoms with Crippen molar-refractivity contribution in [2.24, 2.45) is 4.99 Å². The Labute approximate surface area is 175 Å². The van der Waals surface area contributed by atoms with Crippen LogP contribution >= 0.6 is 0 Å². The van der Waals surface area contributed by atoms with E-state index in [1.165, 1.54) is 12.8 Å². The Morgan fingerprint density at radius 2 is 1.83 bits per heavy atom. The van der Waals surface area contributed by atoms with Gasteiger partial charge in [0.2, 0.25) is 0 Å². The van der Waals surface area contributed by atoms with Crippen molar-refractivity contribution < 1.29 is 14.2 Å². The Morgan fingerprint density at radius 1 is 1.07 bits per heavy atom. The molecule has 1 fully saturated rings. The topological polar surface area (TPSA) is 67.3 Å². The van der Waals surface area contributed by atoms with Crippen LogP contribution in [0.25, 0.3) is 0 Å². The fourth-order valence-corrected chi connectivity index (χ4v) is 3.04. The minimum absolute atomic E-state index is 0.626. The van der Waals surface area contributed by atoms with Gasteiger partial charge in [0.1, 0.15) is 5.75 Å². The average Bonchev–Trinajstić information content (AvgIpc) is 3.59. The van der Waals surface area contributed by atoms with Gasteiger partial charge >= 0.3 is 0 Å². The van der Waals surface area contributed by atoms with Crippen LogP contribution in [0, 0.1) is 0 Å². The summed E-state index contributed by atoms with van der Waals surface area (Å²) in [5.74, 6) is 1.71. The third-order valence-electron chi connectivity index (χ3n) is 4.88. The summed E-state index contributed by atoms with van der Waals surface area (Å²) in [6.45, 7) is 8.64. The molecule has 0 unspecified atom stereocenters. The highest BCUT2D eigenvalue weighted by Gasteiger charge is 2.28. The Morgan fingerprint density at radius 3 is 2.48 bits per heavy atom. The first-order chi connectivity index (χ1) is 14.3. The lowest BCUT2D eigenvalue weighted by Gasteiger charge is -2.22. The summed E-state index contributed by atoms with van der Waals surface area (Å²) in [6, 6.07) is 8.77. The Bertz CT molecular complexity index is 576. The molecule has 0 amide bonds. The summed E-state index contributed by atoms with van der Waals surface area (Å²) in [7, 11) is 3.44. The minimum Gasteiger partial charge on any atom is -0.497 e. The molecule has 0 radical (unpaired) electrons. The van der Waals surface area contributed by atoms with Gasteiger partial charge in [0.15, 0.2) is 5.96 Å². The monoisotopic (exact) mass is 406 g/mol. The standard InChI is InChI=1S/C22H38N4O3/c1-4-29-16-5-12-23-22(25-18-19-6-10-21(28-3)11-7-19)24-13-14-26(15-17-27-2)20-8-9-20/h6-7,10-11,20H,4-5,8-9,12-18H2,1-3H3,(H2,23,24,25). The number of nitrogens with zero attached hydrogens (tertiary/aromatic N) is 2. The Hall–Kier alpha value is -1.83. The number of ether oxygens (including phenoxy) is 3. The van der Waals surface area contributed by atoms with Crippen LogP contribution < -0.4 is 15.4 Å². The third-order valence-corrected chi connectivity index (χ3v) is 4.88. The van der Waals surface area contributed by atoms with Gasteiger partial charge in [-0.15, -0.1) is 0 Å². The molecule has 1 aliphatic carbocycles. The van der Waals surface area contributed by atoms with Crippen LogP contribution in [0.5, 0.6) is 5.75 Å². The molecule has 0 atom stereocenters. The van der Waals surface area contributed by atoms with Crippen LogP contribution in [-0.2, 0) is 16.0 Å². The highest BCUT2D eigenvalue weighted by atomic mass is 16.5. The third kappa shape index (κ3) is 9.96. The van der Waals surface area contributed by atoms with E-state index in [-0.39, 0.29) is 0 Å². The van der Waals surface area contributed by atoms with Crippen LogP contribution in [0.4, 0.5) is 0 Å². The van der Waals surface area contributed by atoms with Crippen LogP contribution in [0.15, 0.2) is 29.3 Å². The van der Waals surface area contributed by atoms with E-state index >= 15 is 0 Å². The van der Waals surface area contributed by atoms with E-state index in [1.807, 2.05) is 19.1 Å². The molecule has 0 aliphatic heterocycles. The summed E-state index contributed by atoms with van der Waals surface area (Å²) in [5.41, 5.74) is 1.15. The highest BCUT2D eigenvalue weighted by molar-refractivity contribution is 5.79. The number of aliphatic imine (C=N–C) groups is 1. The van der Waals surface area contributed by atoms with Gasteiger partial charge < -0.3 is 24.8 Å². The van der Waals surface area contributed by atoms with E-state index in [0.29, 0.717) is 6.54 Å². The van der Waals surface area contributed by atoms with Gasteiger partial charge in [-0.1, -0.05) is 12.1 Å². The normalized spacial score (nSPS) is 14.3. The lowest BCUT2D eigenvalue weighted by molar-refractivity contribution is 0.144. The summed E-state index contributed by atoms with van der Waals surface area (Å²) < 4.78 is 15.9. The molecule has 7 heteroatoms. The second-order valence-electron chi connectivity index (χ2n) is 7.18. The summed E-state index contributed by atoms with van der Waals surface area (Å²) in [5, 5.41) is 6.91. The van der Waals surface area contributed by atoms with Gasteiger partial charge in [0.25, 0.3) is 0 Å². The molecule has 0 saturated heterocycles. The smallest absolute Gasteiger partial charge is 0.191 e. The number of guanidine groups is 1. The maximum Gasteiger partial charge on any atom is 0.191 e. The number of hydrogen-bond donors (Lipinski definition) is 2. The van der Waals surface area contributed by atoms with Crippen LogP contribution in [0.3, 0.4) is 0 Å². The quantitative estimate of drug-likeness (QED) is 0.265. The van der Waals surface area contributed by atoms with E-state index in [4.69, 9.17) is 19.2 Å². The first kappa shape index (κ1) is 23.4. The second-order valence-corrected chi connectivity index (χ2v) is 7.18. The largest absolute Gasteiger partial charge is 0.497 e. The summed E-state index contributed by atoms with van der Waals surface area (Å²) >= 11 is 0. The van der Waals surface area contributed by atoms with E-state index < -0.39 is 0 Å². The predicted octanol–water partition coefficient (Wildman–Crippen LogP) is 2.27. The highest BCUT2D eigenvalue weighted by Crippen LogP contribution is 2.25. The molecular weight excluding hydrogens is 368 g/mol. The van der Waals surface area contributed by atoms with Gasteiger partial charge in [-0.25, -0.2) is 4.99 Å². The number of rotatable bonds is 15. The molecule has 0 spiro atoms. The zero-order valence-corrected chi connectivity index (χ0v) is 18.3. The molecule has 29 heavy (non-hydrogen) atoms. The molecule has 7 nitrogen and oxygen atoms in total. The molecule has 0 heterocycles. The van der Waals surface area contributed by atoms with Crippen molar-refractivity contribution in [1.82, 2.24) is 15.5 Å². The van der Waals surface area contributed by atoms with Crippen molar-refractivity contribution in [3.8, 4) is 5.75 Å². The first-order valence-electron chi connectivity index (χ1n) is 10.7. The van der Waals surface area contributed by atoms with Gasteiger partial charge in [0, 0.05) is 52.5 Å². The molecule has 0 bridgehead atoms. The second kappa shape index (κ2) is 14.2. The molecule has 0 aromatic heterocycles. The van der Waals surface area contributed by atoms with E-state index in [1.54, 1.807) is 14.2 Å². The maximum absolute atomic E-state index is 5.42. The van der Waals surface area contributed by atoms with Crippen LogP contribution in [-0.4, -0.2) is 77.1 Å². The number of hydrogen-bond acceptors (Lipinski definition) is 5. The van der Waals surface area contributed by atoms with Crippen molar-refractivity contribution in [2.45, 2.75) is 38.8 Å². The van der Waals surface area contributed by atoms with Gasteiger partial charge in [0.05, 0.1) is 20.3 Å². The Kier molecular flexibility index (Phi) is 11.5. The van der Waals surface area contributed by atoms with E-state index in [2.05, 4.69) is 27.7 Å². The van der Waals surface area contributed by atoms with Crippen molar-refractivity contribution in [3.63, 3.8) is 0 Å². The van der Waals surface area contributed by atoms with Gasteiger partial charge in [-0.05, 0) is 43.9 Å².